The summed E-state index contributed by atoms with van der Waals surface area (Å²) in [5.74, 6) is 0.717. The molecule has 0 saturated carbocycles. The lowest BCUT2D eigenvalue weighted by atomic mass is 9.88. The van der Waals surface area contributed by atoms with Crippen LogP contribution < -0.4 is 9.47 Å². The summed E-state index contributed by atoms with van der Waals surface area (Å²) in [5, 5.41) is 11.4. The molecule has 7 nitrogen and oxygen atoms in total. The van der Waals surface area contributed by atoms with Crippen molar-refractivity contribution >= 4 is 12.3 Å². The van der Waals surface area contributed by atoms with Gasteiger partial charge in [-0.3, -0.25) is 0 Å². The minimum absolute atomic E-state index is 0.358. The lowest BCUT2D eigenvalue weighted by Crippen LogP contribution is -2.28. The van der Waals surface area contributed by atoms with Crippen molar-refractivity contribution in [2.24, 2.45) is 0 Å². The molecule has 1 aromatic carbocycles. The van der Waals surface area contributed by atoms with Crippen LogP contribution in [0, 0.1) is 20.8 Å². The number of hydrogen-bond donors (Lipinski definition) is 1. The number of allylic oxidation sites excluding steroid dienone is 6. The van der Waals surface area contributed by atoms with E-state index in [1.807, 2.05) is 20.8 Å². The third-order valence-electron chi connectivity index (χ3n) is 7.67. The molecule has 0 aliphatic heterocycles. The van der Waals surface area contributed by atoms with Gasteiger partial charge in [0.15, 0.2) is 0 Å². The number of carbonyl (C=O) groups excluding carboxylic acids is 2. The van der Waals surface area contributed by atoms with Crippen LogP contribution in [0.5, 0.6) is 11.5 Å². The summed E-state index contributed by atoms with van der Waals surface area (Å²) in [6.45, 7) is 26.5. The highest BCUT2D eigenvalue weighted by Crippen LogP contribution is 2.40. The lowest BCUT2D eigenvalue weighted by molar-refractivity contribution is 0.0178. The van der Waals surface area contributed by atoms with E-state index in [2.05, 4.69) is 45.9 Å². The van der Waals surface area contributed by atoms with Crippen LogP contribution in [0.2, 0.25) is 0 Å². The fourth-order valence-electron chi connectivity index (χ4n) is 4.94. The van der Waals surface area contributed by atoms with Crippen LogP contribution in [0.15, 0.2) is 34.9 Å². The van der Waals surface area contributed by atoms with Crippen molar-refractivity contribution in [2.75, 3.05) is 0 Å². The Morgan fingerprint density at radius 1 is 0.630 bits per heavy atom. The molecule has 7 heteroatoms. The molecule has 0 fully saturated rings. The van der Waals surface area contributed by atoms with E-state index in [4.69, 9.17) is 18.9 Å². The Kier molecular flexibility index (Phi) is 15.8. The van der Waals surface area contributed by atoms with Crippen LogP contribution in [0.3, 0.4) is 0 Å². The molecule has 0 aromatic heterocycles. The Morgan fingerprint density at radius 3 is 1.54 bits per heavy atom. The smallest absolute Gasteiger partial charge is 0.428 e. The van der Waals surface area contributed by atoms with E-state index in [0.717, 1.165) is 32.1 Å². The fourth-order valence-corrected chi connectivity index (χ4v) is 4.94. The molecular formula is C39H62O7. The standard InChI is InChI=1S/C39H62O7/c1-26(2)18-15-19-27(3)20-16-21-28(4)22-17-24-39(14,42)25-23-32-31(7)33(43-35(40)45-37(8,9)10)29(5)30(6)34(32)44-36(41)46-38(11,12)13/h18,20,22,42H,15-17,19,21,23-25H2,1-14H3. The van der Waals surface area contributed by atoms with Gasteiger partial charge in [0.2, 0.25) is 0 Å². The fraction of sp³-hybridized carbons (Fsp3) is 0.641. The molecule has 46 heavy (non-hydrogen) atoms. The SMILES string of the molecule is CC(C)=CCCC(C)=CCCC(C)=CCCC(C)(O)CCc1c(C)c(OC(=O)OC(C)(C)C)c(C)c(C)c1OC(=O)OC(C)(C)C. The van der Waals surface area contributed by atoms with Crippen molar-refractivity contribution in [3.63, 3.8) is 0 Å². The van der Waals surface area contributed by atoms with Crippen LogP contribution in [0.25, 0.3) is 0 Å². The number of aliphatic hydroxyl groups is 1. The van der Waals surface area contributed by atoms with E-state index in [9.17, 15) is 14.7 Å². The van der Waals surface area contributed by atoms with E-state index in [1.54, 1.807) is 48.5 Å². The number of ether oxygens (including phenoxy) is 4. The van der Waals surface area contributed by atoms with Crippen LogP contribution in [-0.2, 0) is 15.9 Å². The van der Waals surface area contributed by atoms with Gasteiger partial charge in [0.25, 0.3) is 0 Å². The minimum atomic E-state index is -0.973. The maximum atomic E-state index is 12.8. The Morgan fingerprint density at radius 2 is 1.07 bits per heavy atom. The maximum absolute atomic E-state index is 12.8. The summed E-state index contributed by atoms with van der Waals surface area (Å²) in [7, 11) is 0. The second-order valence-electron chi connectivity index (χ2n) is 15.1. The predicted molar refractivity (Wildman–Crippen MR) is 188 cm³/mol. The van der Waals surface area contributed by atoms with Crippen molar-refractivity contribution in [3.05, 3.63) is 57.2 Å². The van der Waals surface area contributed by atoms with Crippen molar-refractivity contribution in [3.8, 4) is 11.5 Å². The molecule has 0 radical (unpaired) electrons. The average molecular weight is 643 g/mol. The summed E-state index contributed by atoms with van der Waals surface area (Å²) in [4.78, 5) is 25.4. The van der Waals surface area contributed by atoms with Crippen LogP contribution in [-0.4, -0.2) is 34.2 Å². The molecule has 0 aliphatic carbocycles. The van der Waals surface area contributed by atoms with Crippen molar-refractivity contribution in [1.29, 1.82) is 0 Å². The first-order chi connectivity index (χ1) is 21.0. The molecule has 1 atom stereocenters. The predicted octanol–water partition coefficient (Wildman–Crippen LogP) is 11.1. The highest BCUT2D eigenvalue weighted by Gasteiger charge is 2.29. The quantitative estimate of drug-likeness (QED) is 0.123. The second-order valence-corrected chi connectivity index (χ2v) is 15.1. The average Bonchev–Trinajstić information content (AvgIpc) is 2.87. The first-order valence-corrected chi connectivity index (χ1v) is 16.6. The van der Waals surface area contributed by atoms with E-state index in [1.165, 1.54) is 16.7 Å². The van der Waals surface area contributed by atoms with Gasteiger partial charge in [0, 0.05) is 5.56 Å². The Balaban J connectivity index is 3.11. The van der Waals surface area contributed by atoms with Crippen molar-refractivity contribution < 1.29 is 33.6 Å². The van der Waals surface area contributed by atoms with Gasteiger partial charge in [-0.2, -0.15) is 0 Å². The van der Waals surface area contributed by atoms with Gasteiger partial charge in [0.1, 0.15) is 22.7 Å². The van der Waals surface area contributed by atoms with Gasteiger partial charge in [-0.1, -0.05) is 34.9 Å². The third kappa shape index (κ3) is 16.0. The molecule has 260 valence electrons. The zero-order valence-corrected chi connectivity index (χ0v) is 31.3. The molecule has 1 rings (SSSR count). The Labute approximate surface area is 279 Å². The molecule has 0 amide bonds. The largest absolute Gasteiger partial charge is 0.514 e. The molecule has 0 bridgehead atoms. The van der Waals surface area contributed by atoms with E-state index < -0.39 is 29.1 Å². The Bertz CT molecular complexity index is 1280. The summed E-state index contributed by atoms with van der Waals surface area (Å²) >= 11 is 0. The monoisotopic (exact) mass is 642 g/mol. The highest BCUT2D eigenvalue weighted by molar-refractivity contribution is 5.71. The van der Waals surface area contributed by atoms with Gasteiger partial charge in [0.05, 0.1) is 5.60 Å². The summed E-state index contributed by atoms with van der Waals surface area (Å²) in [6, 6.07) is 0. The lowest BCUT2D eigenvalue weighted by Gasteiger charge is -2.27. The van der Waals surface area contributed by atoms with Gasteiger partial charge >= 0.3 is 12.3 Å². The minimum Gasteiger partial charge on any atom is -0.428 e. The van der Waals surface area contributed by atoms with Gasteiger partial charge in [-0.15, -0.1) is 0 Å². The maximum Gasteiger partial charge on any atom is 0.514 e. The number of carbonyl (C=O) groups is 2. The number of rotatable bonds is 14. The summed E-state index contributed by atoms with van der Waals surface area (Å²) in [6.07, 6.45) is 11.5. The van der Waals surface area contributed by atoms with E-state index in [-0.39, 0.29) is 0 Å². The summed E-state index contributed by atoms with van der Waals surface area (Å²) in [5.41, 5.74) is 4.27. The van der Waals surface area contributed by atoms with Crippen LogP contribution >= 0.6 is 0 Å². The normalized spacial score (nSPS) is 14.0. The zero-order valence-electron chi connectivity index (χ0n) is 31.3. The first-order valence-electron chi connectivity index (χ1n) is 16.6. The van der Waals surface area contributed by atoms with E-state index in [0.29, 0.717) is 53.0 Å². The third-order valence-corrected chi connectivity index (χ3v) is 7.67. The van der Waals surface area contributed by atoms with Crippen molar-refractivity contribution in [1.82, 2.24) is 0 Å². The molecule has 0 heterocycles. The first kappa shape index (κ1) is 41.0. The molecule has 0 aliphatic rings. The Hall–Kier alpha value is -3.06. The molecule has 1 N–H and O–H groups in total. The zero-order chi connectivity index (χ0) is 35.5. The van der Waals surface area contributed by atoms with Gasteiger partial charge in [-0.25, -0.2) is 9.59 Å². The summed E-state index contributed by atoms with van der Waals surface area (Å²) < 4.78 is 22.3. The van der Waals surface area contributed by atoms with E-state index >= 15 is 0 Å². The second kappa shape index (κ2) is 17.7. The number of hydrogen-bond acceptors (Lipinski definition) is 7. The van der Waals surface area contributed by atoms with Gasteiger partial charge in [-0.05, 0) is 165 Å². The molecule has 1 unspecified atom stereocenters. The topological polar surface area (TPSA) is 91.3 Å². The molecule has 0 saturated heterocycles. The highest BCUT2D eigenvalue weighted by atomic mass is 16.7. The molecule has 1 aromatic rings. The number of benzene rings is 1. The van der Waals surface area contributed by atoms with Crippen molar-refractivity contribution in [2.45, 2.75) is 165 Å². The van der Waals surface area contributed by atoms with Crippen LogP contribution in [0.1, 0.15) is 143 Å². The van der Waals surface area contributed by atoms with Crippen LogP contribution in [0.4, 0.5) is 9.59 Å². The van der Waals surface area contributed by atoms with Gasteiger partial charge < -0.3 is 24.1 Å². The molecule has 0 spiro atoms. The molecular weight excluding hydrogens is 580 g/mol.